The maximum atomic E-state index is 5.31. The highest BCUT2D eigenvalue weighted by molar-refractivity contribution is 5.21. The van der Waals surface area contributed by atoms with Gasteiger partial charge in [0.2, 0.25) is 0 Å². The van der Waals surface area contributed by atoms with Crippen LogP contribution in [0.3, 0.4) is 0 Å². The van der Waals surface area contributed by atoms with E-state index in [1.54, 1.807) is 0 Å². The first-order valence-corrected chi connectivity index (χ1v) is 5.25. The standard InChI is InChI=1S/C11H17NO/c1-3-10-8(2)11(13-12-10)7-6-9-4-5-9/h9H,3-7H2,1-2H3. The monoisotopic (exact) mass is 179 g/mol. The highest BCUT2D eigenvalue weighted by Crippen LogP contribution is 2.34. The molecule has 0 aromatic carbocycles. The van der Waals surface area contributed by atoms with E-state index in [9.17, 15) is 0 Å². The van der Waals surface area contributed by atoms with E-state index in [0.717, 1.165) is 30.2 Å². The van der Waals surface area contributed by atoms with E-state index < -0.39 is 0 Å². The molecule has 13 heavy (non-hydrogen) atoms. The summed E-state index contributed by atoms with van der Waals surface area (Å²) in [6.45, 7) is 4.24. The lowest BCUT2D eigenvalue weighted by Gasteiger charge is -1.95. The van der Waals surface area contributed by atoms with Gasteiger partial charge in [0.15, 0.2) is 0 Å². The minimum absolute atomic E-state index is 0.981. The van der Waals surface area contributed by atoms with Crippen LogP contribution in [-0.2, 0) is 12.8 Å². The van der Waals surface area contributed by atoms with E-state index in [0.29, 0.717) is 0 Å². The van der Waals surface area contributed by atoms with Gasteiger partial charge in [-0.15, -0.1) is 0 Å². The van der Waals surface area contributed by atoms with Crippen LogP contribution in [0.2, 0.25) is 0 Å². The zero-order valence-electron chi connectivity index (χ0n) is 8.47. The number of aromatic nitrogens is 1. The molecule has 2 heteroatoms. The number of hydrogen-bond acceptors (Lipinski definition) is 2. The quantitative estimate of drug-likeness (QED) is 0.710. The fourth-order valence-corrected chi connectivity index (χ4v) is 1.71. The fraction of sp³-hybridized carbons (Fsp3) is 0.727. The normalized spacial score (nSPS) is 16.5. The van der Waals surface area contributed by atoms with Gasteiger partial charge in [0, 0.05) is 12.0 Å². The van der Waals surface area contributed by atoms with Crippen LogP contribution in [0.1, 0.15) is 43.2 Å². The van der Waals surface area contributed by atoms with Gasteiger partial charge in [0.25, 0.3) is 0 Å². The van der Waals surface area contributed by atoms with Crippen LogP contribution in [-0.4, -0.2) is 5.16 Å². The highest BCUT2D eigenvalue weighted by atomic mass is 16.5. The molecule has 1 fully saturated rings. The molecule has 2 rings (SSSR count). The van der Waals surface area contributed by atoms with Crippen molar-refractivity contribution in [3.8, 4) is 0 Å². The van der Waals surface area contributed by atoms with E-state index in [-0.39, 0.29) is 0 Å². The molecule has 1 heterocycles. The van der Waals surface area contributed by atoms with Crippen molar-refractivity contribution in [2.45, 2.75) is 46.0 Å². The maximum Gasteiger partial charge on any atom is 0.139 e. The molecule has 1 aromatic heterocycles. The van der Waals surface area contributed by atoms with Gasteiger partial charge in [-0.2, -0.15) is 0 Å². The lowest BCUT2D eigenvalue weighted by Crippen LogP contribution is -1.88. The van der Waals surface area contributed by atoms with E-state index in [2.05, 4.69) is 19.0 Å². The molecule has 0 saturated heterocycles. The van der Waals surface area contributed by atoms with Crippen molar-refractivity contribution in [2.75, 3.05) is 0 Å². The molecule has 0 aliphatic heterocycles. The number of aryl methyl sites for hydroxylation is 2. The Morgan fingerprint density at radius 2 is 2.23 bits per heavy atom. The molecule has 0 unspecified atom stereocenters. The summed E-state index contributed by atoms with van der Waals surface area (Å²) < 4.78 is 5.31. The number of rotatable bonds is 4. The van der Waals surface area contributed by atoms with Gasteiger partial charge in [-0.3, -0.25) is 0 Å². The summed E-state index contributed by atoms with van der Waals surface area (Å²) >= 11 is 0. The Labute approximate surface area is 79.3 Å². The van der Waals surface area contributed by atoms with E-state index >= 15 is 0 Å². The second-order valence-electron chi connectivity index (χ2n) is 4.01. The first kappa shape index (κ1) is 8.79. The molecule has 2 nitrogen and oxygen atoms in total. The van der Waals surface area contributed by atoms with E-state index in [1.165, 1.54) is 24.8 Å². The summed E-state index contributed by atoms with van der Waals surface area (Å²) in [5.74, 6) is 2.10. The summed E-state index contributed by atoms with van der Waals surface area (Å²) in [6, 6.07) is 0. The molecule has 0 atom stereocenters. The van der Waals surface area contributed by atoms with Crippen LogP contribution in [0.4, 0.5) is 0 Å². The van der Waals surface area contributed by atoms with Crippen molar-refractivity contribution in [3.05, 3.63) is 17.0 Å². The molecule has 72 valence electrons. The summed E-state index contributed by atoms with van der Waals surface area (Å²) in [5, 5.41) is 4.06. The van der Waals surface area contributed by atoms with Gasteiger partial charge in [0.05, 0.1) is 5.69 Å². The van der Waals surface area contributed by atoms with Gasteiger partial charge in [-0.25, -0.2) is 0 Å². The predicted molar refractivity (Wildman–Crippen MR) is 51.7 cm³/mol. The average molecular weight is 179 g/mol. The third kappa shape index (κ3) is 1.93. The van der Waals surface area contributed by atoms with Crippen molar-refractivity contribution in [2.24, 2.45) is 5.92 Å². The second-order valence-corrected chi connectivity index (χ2v) is 4.01. The molecule has 0 spiro atoms. The summed E-state index contributed by atoms with van der Waals surface area (Å²) in [5.41, 5.74) is 2.41. The Kier molecular flexibility index (Phi) is 2.38. The molecular weight excluding hydrogens is 162 g/mol. The zero-order valence-corrected chi connectivity index (χ0v) is 8.47. The smallest absolute Gasteiger partial charge is 0.139 e. The first-order valence-electron chi connectivity index (χ1n) is 5.25. The minimum atomic E-state index is 0.981. The molecule has 0 radical (unpaired) electrons. The second kappa shape index (κ2) is 3.52. The van der Waals surface area contributed by atoms with Crippen molar-refractivity contribution < 1.29 is 4.52 Å². The van der Waals surface area contributed by atoms with Crippen molar-refractivity contribution in [1.29, 1.82) is 0 Å². The molecule has 1 aliphatic carbocycles. The molecule has 1 aliphatic rings. The van der Waals surface area contributed by atoms with Gasteiger partial charge >= 0.3 is 0 Å². The Hall–Kier alpha value is -0.790. The Balaban J connectivity index is 1.97. The van der Waals surface area contributed by atoms with Crippen molar-refractivity contribution >= 4 is 0 Å². The summed E-state index contributed by atoms with van der Waals surface area (Å²) in [4.78, 5) is 0. The van der Waals surface area contributed by atoms with Crippen LogP contribution in [0.5, 0.6) is 0 Å². The molecule has 0 N–H and O–H groups in total. The fourth-order valence-electron chi connectivity index (χ4n) is 1.71. The molecule has 0 amide bonds. The van der Waals surface area contributed by atoms with Crippen LogP contribution >= 0.6 is 0 Å². The third-order valence-electron chi connectivity index (χ3n) is 2.93. The molecule has 1 aromatic rings. The predicted octanol–water partition coefficient (Wildman–Crippen LogP) is 2.89. The van der Waals surface area contributed by atoms with Gasteiger partial charge in [0.1, 0.15) is 5.76 Å². The Morgan fingerprint density at radius 1 is 1.46 bits per heavy atom. The van der Waals surface area contributed by atoms with E-state index in [1.807, 2.05) is 0 Å². The Bertz CT molecular complexity index is 286. The van der Waals surface area contributed by atoms with Crippen molar-refractivity contribution in [1.82, 2.24) is 5.16 Å². The van der Waals surface area contributed by atoms with Crippen molar-refractivity contribution in [3.63, 3.8) is 0 Å². The summed E-state index contributed by atoms with van der Waals surface area (Å²) in [7, 11) is 0. The molecule has 1 saturated carbocycles. The zero-order chi connectivity index (χ0) is 9.26. The van der Waals surface area contributed by atoms with Crippen LogP contribution in [0, 0.1) is 12.8 Å². The maximum absolute atomic E-state index is 5.31. The summed E-state index contributed by atoms with van der Waals surface area (Å²) in [6.07, 6.45) is 6.21. The van der Waals surface area contributed by atoms with Crippen LogP contribution < -0.4 is 0 Å². The molecular formula is C11H17NO. The van der Waals surface area contributed by atoms with Gasteiger partial charge < -0.3 is 4.52 Å². The van der Waals surface area contributed by atoms with Crippen LogP contribution in [0.25, 0.3) is 0 Å². The van der Waals surface area contributed by atoms with Gasteiger partial charge in [-0.1, -0.05) is 24.9 Å². The first-order chi connectivity index (χ1) is 6.31. The topological polar surface area (TPSA) is 26.0 Å². The average Bonchev–Trinajstić information content (AvgIpc) is 2.89. The molecule has 0 bridgehead atoms. The highest BCUT2D eigenvalue weighted by Gasteiger charge is 2.22. The van der Waals surface area contributed by atoms with E-state index in [4.69, 9.17) is 4.52 Å². The lowest BCUT2D eigenvalue weighted by molar-refractivity contribution is 0.372. The van der Waals surface area contributed by atoms with Crippen LogP contribution in [0.15, 0.2) is 4.52 Å². The largest absolute Gasteiger partial charge is 0.361 e. The third-order valence-corrected chi connectivity index (χ3v) is 2.93. The Morgan fingerprint density at radius 3 is 2.77 bits per heavy atom. The van der Waals surface area contributed by atoms with Gasteiger partial charge in [-0.05, 0) is 25.7 Å². The SMILES string of the molecule is CCc1noc(CCC2CC2)c1C. The minimum Gasteiger partial charge on any atom is -0.361 e. The number of nitrogens with zero attached hydrogens (tertiary/aromatic N) is 1. The lowest BCUT2D eigenvalue weighted by atomic mass is 10.1. The number of hydrogen-bond donors (Lipinski definition) is 0.